The third-order valence-corrected chi connectivity index (χ3v) is 5.98. The summed E-state index contributed by atoms with van der Waals surface area (Å²) >= 11 is 0. The van der Waals surface area contributed by atoms with Gasteiger partial charge in [0.2, 0.25) is 0 Å². The van der Waals surface area contributed by atoms with Crippen LogP contribution in [0.5, 0.6) is 0 Å². The smallest absolute Gasteiger partial charge is 0.0884 e. The van der Waals surface area contributed by atoms with Crippen LogP contribution in [0.4, 0.5) is 0 Å². The molecular weight excluding hydrogens is 428 g/mol. The van der Waals surface area contributed by atoms with E-state index in [1.165, 1.54) is 22.4 Å². The Morgan fingerprint density at radius 2 is 0.829 bits per heavy atom. The van der Waals surface area contributed by atoms with Gasteiger partial charge in [-0.2, -0.15) is 15.4 Å². The van der Waals surface area contributed by atoms with Crippen molar-refractivity contribution in [3.05, 3.63) is 76.4 Å². The average molecular weight is 479 g/mol. The Morgan fingerprint density at radius 3 is 1.14 bits per heavy atom. The van der Waals surface area contributed by atoms with E-state index in [1.54, 1.807) is 0 Å². The van der Waals surface area contributed by atoms with Crippen molar-refractivity contribution in [2.75, 3.05) is 0 Å². The van der Waals surface area contributed by atoms with Crippen molar-refractivity contribution in [1.29, 1.82) is 0 Å². The predicted molar refractivity (Wildman–Crippen MR) is 152 cm³/mol. The first-order valence-corrected chi connectivity index (χ1v) is 13.3. The molecule has 1 aromatic carbocycles. The minimum atomic E-state index is 0.464. The lowest BCUT2D eigenvalue weighted by Crippen LogP contribution is -2.00. The van der Waals surface area contributed by atoms with Gasteiger partial charge in [0.05, 0.1) is 11.4 Å². The van der Waals surface area contributed by atoms with Crippen molar-refractivity contribution in [3.8, 4) is 0 Å². The van der Waals surface area contributed by atoms with Gasteiger partial charge in [0.1, 0.15) is 0 Å². The van der Waals surface area contributed by atoms with Crippen LogP contribution in [0.3, 0.4) is 0 Å². The first-order chi connectivity index (χ1) is 16.4. The highest BCUT2D eigenvalue weighted by Gasteiger charge is 2.13. The van der Waals surface area contributed by atoms with E-state index in [1.807, 2.05) is 12.3 Å². The molecule has 2 aromatic heterocycles. The highest BCUT2D eigenvalue weighted by atomic mass is 15.3. The van der Waals surface area contributed by atoms with Crippen LogP contribution in [0, 0.1) is 0 Å². The molecule has 35 heavy (non-hydrogen) atoms. The predicted octanol–water partition coefficient (Wildman–Crippen LogP) is 9.31. The van der Waals surface area contributed by atoms with Crippen LogP contribution in [-0.2, 0) is 0 Å². The average Bonchev–Trinajstić information content (AvgIpc) is 3.31. The minimum Gasteiger partial charge on any atom is -0.261 e. The molecule has 0 spiro atoms. The fraction of sp³-hybridized carbons (Fsp3) is 0.581. The van der Waals surface area contributed by atoms with E-state index in [4.69, 9.17) is 0 Å². The number of hydrogen-bond acceptors (Lipinski definition) is 3. The third kappa shape index (κ3) is 9.58. The fourth-order valence-electron chi connectivity index (χ4n) is 4.06. The molecular formula is C31H50N4. The zero-order chi connectivity index (χ0) is 26.7. The number of hydrogen-bond donors (Lipinski definition) is 1. The largest absolute Gasteiger partial charge is 0.261 e. The monoisotopic (exact) mass is 478 g/mol. The number of aromatic amines is 1. The molecule has 0 amide bonds. The number of aromatic nitrogens is 4. The molecule has 4 nitrogen and oxygen atoms in total. The van der Waals surface area contributed by atoms with E-state index < -0.39 is 0 Å². The van der Waals surface area contributed by atoms with Crippen LogP contribution in [0.15, 0.2) is 42.6 Å². The first kappa shape index (κ1) is 30.5. The molecule has 0 fully saturated rings. The quantitative estimate of drug-likeness (QED) is 0.384. The Balaban J connectivity index is 0.000000263. The zero-order valence-electron chi connectivity index (χ0n) is 24.3. The Morgan fingerprint density at radius 1 is 0.457 bits per heavy atom. The molecule has 4 heteroatoms. The summed E-state index contributed by atoms with van der Waals surface area (Å²) in [5.74, 6) is 3.32. The molecule has 0 unspecified atom stereocenters. The van der Waals surface area contributed by atoms with Crippen LogP contribution in [-0.4, -0.2) is 20.4 Å². The highest BCUT2D eigenvalue weighted by Crippen LogP contribution is 2.25. The number of rotatable bonds is 6. The Labute approximate surface area is 215 Å². The molecule has 2 heterocycles. The zero-order valence-corrected chi connectivity index (χ0v) is 24.3. The van der Waals surface area contributed by atoms with Gasteiger partial charge in [0.25, 0.3) is 0 Å². The van der Waals surface area contributed by atoms with E-state index in [0.29, 0.717) is 35.5 Å². The van der Waals surface area contributed by atoms with Crippen LogP contribution in [0.2, 0.25) is 0 Å². The molecule has 0 saturated heterocycles. The summed E-state index contributed by atoms with van der Waals surface area (Å²) in [6.07, 6.45) is 1.88. The van der Waals surface area contributed by atoms with E-state index >= 15 is 0 Å². The van der Waals surface area contributed by atoms with Crippen molar-refractivity contribution in [1.82, 2.24) is 20.4 Å². The summed E-state index contributed by atoms with van der Waals surface area (Å²) < 4.78 is 0. The maximum absolute atomic E-state index is 4.40. The summed E-state index contributed by atoms with van der Waals surface area (Å²) in [6.45, 7) is 26.3. The van der Waals surface area contributed by atoms with Gasteiger partial charge >= 0.3 is 0 Å². The molecule has 0 radical (unpaired) electrons. The van der Waals surface area contributed by atoms with Gasteiger partial charge in [-0.25, -0.2) is 0 Å². The molecule has 0 atom stereocenters. The van der Waals surface area contributed by atoms with Crippen LogP contribution in [0.25, 0.3) is 0 Å². The van der Waals surface area contributed by atoms with Crippen LogP contribution >= 0.6 is 0 Å². The summed E-state index contributed by atoms with van der Waals surface area (Å²) in [5.41, 5.74) is 7.81. The molecule has 0 aliphatic heterocycles. The molecule has 0 aliphatic rings. The van der Waals surface area contributed by atoms with Crippen molar-refractivity contribution >= 4 is 0 Å². The van der Waals surface area contributed by atoms with E-state index in [2.05, 4.69) is 134 Å². The van der Waals surface area contributed by atoms with Gasteiger partial charge in [-0.15, -0.1) is 0 Å². The molecule has 0 bridgehead atoms. The number of benzene rings is 1. The summed E-state index contributed by atoms with van der Waals surface area (Å²) in [5, 5.41) is 10.9. The lowest BCUT2D eigenvalue weighted by molar-refractivity contribution is 0.757. The van der Waals surface area contributed by atoms with Crippen molar-refractivity contribution in [3.63, 3.8) is 0 Å². The molecule has 1 N–H and O–H groups in total. The summed E-state index contributed by atoms with van der Waals surface area (Å²) in [4.78, 5) is 4.40. The second-order valence-corrected chi connectivity index (χ2v) is 11.1. The van der Waals surface area contributed by atoms with E-state index in [-0.39, 0.29) is 0 Å². The third-order valence-electron chi connectivity index (χ3n) is 5.98. The van der Waals surface area contributed by atoms with Crippen molar-refractivity contribution in [2.45, 2.75) is 119 Å². The second-order valence-electron chi connectivity index (χ2n) is 11.1. The second kappa shape index (κ2) is 14.8. The van der Waals surface area contributed by atoms with Gasteiger partial charge < -0.3 is 0 Å². The standard InChI is InChI=1S/C12H18.C11H17N.C8H15N3/c1-9(2)11-7-5-6-8-12(11)10(3)4;1-8(2)10-6-5-7-12-11(10)9(3)4;1-5(2)7-8(6(3)4)10-11-9-7/h5-10H,1-4H3;5-9H,1-4H3;5-6H,1-4H3,(H,9,10,11). The Kier molecular flexibility index (Phi) is 12.9. The van der Waals surface area contributed by atoms with E-state index in [0.717, 1.165) is 11.4 Å². The molecule has 3 aromatic rings. The number of H-pyrrole nitrogens is 1. The van der Waals surface area contributed by atoms with E-state index in [9.17, 15) is 0 Å². The summed E-state index contributed by atoms with van der Waals surface area (Å²) in [6, 6.07) is 12.9. The summed E-state index contributed by atoms with van der Waals surface area (Å²) in [7, 11) is 0. The molecule has 194 valence electrons. The topological polar surface area (TPSA) is 54.5 Å². The first-order valence-electron chi connectivity index (χ1n) is 13.3. The number of nitrogens with zero attached hydrogens (tertiary/aromatic N) is 3. The van der Waals surface area contributed by atoms with Gasteiger partial charge in [-0.1, -0.05) is 113 Å². The van der Waals surface area contributed by atoms with Gasteiger partial charge in [0, 0.05) is 11.9 Å². The number of nitrogens with one attached hydrogen (secondary N) is 1. The molecule has 0 aliphatic carbocycles. The minimum absolute atomic E-state index is 0.464. The van der Waals surface area contributed by atoms with Crippen molar-refractivity contribution < 1.29 is 0 Å². The van der Waals surface area contributed by atoms with Crippen LogP contribution in [0.1, 0.15) is 152 Å². The lowest BCUT2D eigenvalue weighted by atomic mass is 9.91. The van der Waals surface area contributed by atoms with Gasteiger partial charge in [0.15, 0.2) is 0 Å². The van der Waals surface area contributed by atoms with Crippen molar-refractivity contribution in [2.24, 2.45) is 0 Å². The fourth-order valence-corrected chi connectivity index (χ4v) is 4.06. The Hall–Kier alpha value is -2.49. The molecule has 0 saturated carbocycles. The van der Waals surface area contributed by atoms with Crippen LogP contribution < -0.4 is 0 Å². The Bertz CT molecular complexity index is 849. The number of pyridine rings is 1. The lowest BCUT2D eigenvalue weighted by Gasteiger charge is -2.14. The highest BCUT2D eigenvalue weighted by molar-refractivity contribution is 5.32. The maximum Gasteiger partial charge on any atom is 0.0884 e. The van der Waals surface area contributed by atoms with Gasteiger partial charge in [-0.3, -0.25) is 4.98 Å². The maximum atomic E-state index is 4.40. The normalized spacial score (nSPS) is 11.3. The van der Waals surface area contributed by atoms with Gasteiger partial charge in [-0.05, 0) is 58.3 Å². The molecule has 3 rings (SSSR count). The SMILES string of the molecule is CC(C)c1ccccc1C(C)C.CC(C)c1cccnc1C(C)C.CC(C)c1n[nH]nc1C(C)C.